The van der Waals surface area contributed by atoms with E-state index in [1.807, 2.05) is 42.5 Å². The SMILES string of the molecule is C[C@H](Oc1ccc2ccccc2c1)C(=O)N1CCC2(CC1)COC(=O)O2. The Balaban J connectivity index is 1.37. The number of rotatable bonds is 3. The number of hydrogen-bond donors (Lipinski definition) is 0. The van der Waals surface area contributed by atoms with E-state index in [1.54, 1.807) is 11.8 Å². The number of fused-ring (bicyclic) bond motifs is 1. The largest absolute Gasteiger partial charge is 0.509 e. The van der Waals surface area contributed by atoms with Gasteiger partial charge in [-0.25, -0.2) is 4.79 Å². The van der Waals surface area contributed by atoms with E-state index in [-0.39, 0.29) is 12.5 Å². The lowest BCUT2D eigenvalue weighted by Crippen LogP contribution is -2.51. The van der Waals surface area contributed by atoms with Crippen LogP contribution >= 0.6 is 0 Å². The minimum atomic E-state index is -0.613. The first-order valence-electron chi connectivity index (χ1n) is 8.85. The molecule has 2 heterocycles. The van der Waals surface area contributed by atoms with Gasteiger partial charge in [-0.05, 0) is 29.8 Å². The highest BCUT2D eigenvalue weighted by Crippen LogP contribution is 2.32. The van der Waals surface area contributed by atoms with E-state index in [0.717, 1.165) is 10.8 Å². The maximum absolute atomic E-state index is 12.7. The summed E-state index contributed by atoms with van der Waals surface area (Å²) in [6.45, 7) is 3.10. The Morgan fingerprint density at radius 2 is 1.88 bits per heavy atom. The van der Waals surface area contributed by atoms with Crippen LogP contribution < -0.4 is 4.74 Å². The molecule has 6 nitrogen and oxygen atoms in total. The van der Waals surface area contributed by atoms with E-state index in [0.29, 0.717) is 31.7 Å². The summed E-state index contributed by atoms with van der Waals surface area (Å²) in [4.78, 5) is 25.7. The molecule has 0 N–H and O–H groups in total. The van der Waals surface area contributed by atoms with Crippen LogP contribution in [0.2, 0.25) is 0 Å². The van der Waals surface area contributed by atoms with Gasteiger partial charge in [-0.15, -0.1) is 0 Å². The van der Waals surface area contributed by atoms with Crippen LogP contribution in [0.3, 0.4) is 0 Å². The highest BCUT2D eigenvalue weighted by Gasteiger charge is 2.45. The Hall–Kier alpha value is -2.76. The predicted molar refractivity (Wildman–Crippen MR) is 95.0 cm³/mol. The second kappa shape index (κ2) is 6.52. The van der Waals surface area contributed by atoms with Crippen LogP contribution in [0.15, 0.2) is 42.5 Å². The first kappa shape index (κ1) is 16.7. The van der Waals surface area contributed by atoms with Crippen LogP contribution in [0.4, 0.5) is 4.79 Å². The van der Waals surface area contributed by atoms with Crippen molar-refractivity contribution >= 4 is 22.8 Å². The minimum absolute atomic E-state index is 0.0572. The standard InChI is InChI=1S/C20H21NO5/c1-14(25-17-7-6-15-4-2-3-5-16(15)12-17)18(22)21-10-8-20(9-11-21)13-24-19(23)26-20/h2-7,12,14H,8-11,13H2,1H3/t14-/m0/s1. The summed E-state index contributed by atoms with van der Waals surface area (Å²) in [5, 5.41) is 2.21. The minimum Gasteiger partial charge on any atom is -0.481 e. The Bertz CT molecular complexity index is 841. The second-order valence-electron chi connectivity index (χ2n) is 6.92. The van der Waals surface area contributed by atoms with Gasteiger partial charge < -0.3 is 19.1 Å². The Kier molecular flexibility index (Phi) is 4.18. The van der Waals surface area contributed by atoms with Crippen LogP contribution in [0.5, 0.6) is 5.75 Å². The second-order valence-corrected chi connectivity index (χ2v) is 6.92. The topological polar surface area (TPSA) is 65.1 Å². The van der Waals surface area contributed by atoms with E-state index < -0.39 is 17.9 Å². The number of likely N-dealkylation sites (tertiary alicyclic amines) is 1. The number of nitrogens with zero attached hydrogens (tertiary/aromatic N) is 1. The number of carbonyl (C=O) groups excluding carboxylic acids is 2. The Labute approximate surface area is 151 Å². The zero-order valence-corrected chi connectivity index (χ0v) is 14.6. The molecular formula is C20H21NO5. The van der Waals surface area contributed by atoms with Crippen molar-refractivity contribution in [3.05, 3.63) is 42.5 Å². The predicted octanol–water partition coefficient (Wildman–Crippen LogP) is 3.14. The third-order valence-corrected chi connectivity index (χ3v) is 5.12. The maximum atomic E-state index is 12.7. The van der Waals surface area contributed by atoms with Gasteiger partial charge in [-0.1, -0.05) is 30.3 Å². The van der Waals surface area contributed by atoms with Crippen molar-refractivity contribution in [3.8, 4) is 5.75 Å². The van der Waals surface area contributed by atoms with Crippen molar-refractivity contribution in [2.24, 2.45) is 0 Å². The smallest absolute Gasteiger partial charge is 0.481 e. The molecule has 26 heavy (non-hydrogen) atoms. The fraction of sp³-hybridized carbons (Fsp3) is 0.400. The fourth-order valence-corrected chi connectivity index (χ4v) is 3.56. The van der Waals surface area contributed by atoms with E-state index >= 15 is 0 Å². The third kappa shape index (κ3) is 3.19. The van der Waals surface area contributed by atoms with Crippen molar-refractivity contribution in [3.63, 3.8) is 0 Å². The van der Waals surface area contributed by atoms with Crippen molar-refractivity contribution in [1.82, 2.24) is 4.90 Å². The molecule has 136 valence electrons. The lowest BCUT2D eigenvalue weighted by molar-refractivity contribution is -0.141. The molecule has 2 aromatic rings. The van der Waals surface area contributed by atoms with Crippen LogP contribution in [0, 0.1) is 0 Å². The van der Waals surface area contributed by atoms with Gasteiger partial charge in [-0.3, -0.25) is 4.79 Å². The van der Waals surface area contributed by atoms with Crippen molar-refractivity contribution in [2.75, 3.05) is 19.7 Å². The molecule has 0 radical (unpaired) electrons. The number of cyclic esters (lactones) is 1. The third-order valence-electron chi connectivity index (χ3n) is 5.12. The molecule has 1 amide bonds. The van der Waals surface area contributed by atoms with E-state index in [1.165, 1.54) is 0 Å². The molecule has 0 aliphatic carbocycles. The number of piperidine rings is 1. The summed E-state index contributed by atoms with van der Waals surface area (Å²) < 4.78 is 16.1. The zero-order chi connectivity index (χ0) is 18.1. The van der Waals surface area contributed by atoms with Crippen molar-refractivity contribution in [1.29, 1.82) is 0 Å². The summed E-state index contributed by atoms with van der Waals surface area (Å²) in [7, 11) is 0. The number of ether oxygens (including phenoxy) is 3. The molecular weight excluding hydrogens is 334 g/mol. The lowest BCUT2D eigenvalue weighted by Gasteiger charge is -2.37. The van der Waals surface area contributed by atoms with Crippen LogP contribution in [0.1, 0.15) is 19.8 Å². The highest BCUT2D eigenvalue weighted by atomic mass is 16.8. The fourth-order valence-electron chi connectivity index (χ4n) is 3.56. The van der Waals surface area contributed by atoms with Crippen LogP contribution in [-0.2, 0) is 14.3 Å². The summed E-state index contributed by atoms with van der Waals surface area (Å²) in [6.07, 6.45) is -0.00857. The molecule has 2 aliphatic rings. The summed E-state index contributed by atoms with van der Waals surface area (Å²) in [5.74, 6) is 0.620. The molecule has 0 unspecified atom stereocenters. The highest BCUT2D eigenvalue weighted by molar-refractivity contribution is 5.84. The number of carbonyl (C=O) groups is 2. The van der Waals surface area contributed by atoms with Gasteiger partial charge in [-0.2, -0.15) is 0 Å². The summed E-state index contributed by atoms with van der Waals surface area (Å²) >= 11 is 0. The molecule has 0 bridgehead atoms. The molecule has 6 heteroatoms. The van der Waals surface area contributed by atoms with Crippen molar-refractivity contribution < 1.29 is 23.8 Å². The Morgan fingerprint density at radius 3 is 2.58 bits per heavy atom. The van der Waals surface area contributed by atoms with Crippen LogP contribution in [-0.4, -0.2) is 48.4 Å². The van der Waals surface area contributed by atoms with Gasteiger partial charge in [0.1, 0.15) is 12.4 Å². The molecule has 1 spiro atoms. The van der Waals surface area contributed by atoms with Gasteiger partial charge >= 0.3 is 6.16 Å². The van der Waals surface area contributed by atoms with Crippen LogP contribution in [0.25, 0.3) is 10.8 Å². The molecule has 0 saturated carbocycles. The molecule has 4 rings (SSSR count). The van der Waals surface area contributed by atoms with Crippen molar-refractivity contribution in [2.45, 2.75) is 31.5 Å². The molecule has 2 aliphatic heterocycles. The number of benzene rings is 2. The zero-order valence-electron chi connectivity index (χ0n) is 14.6. The van der Waals surface area contributed by atoms with E-state index in [2.05, 4.69) is 0 Å². The van der Waals surface area contributed by atoms with Gasteiger partial charge in [0.25, 0.3) is 5.91 Å². The maximum Gasteiger partial charge on any atom is 0.509 e. The summed E-state index contributed by atoms with van der Waals surface area (Å²) in [6, 6.07) is 13.8. The lowest BCUT2D eigenvalue weighted by atomic mass is 9.92. The summed E-state index contributed by atoms with van der Waals surface area (Å²) in [5.41, 5.74) is -0.559. The molecule has 2 aromatic carbocycles. The molecule has 0 aromatic heterocycles. The monoisotopic (exact) mass is 355 g/mol. The van der Waals surface area contributed by atoms with Gasteiger partial charge in [0.05, 0.1) is 0 Å². The first-order chi connectivity index (χ1) is 12.5. The molecule has 2 fully saturated rings. The quantitative estimate of drug-likeness (QED) is 0.792. The van der Waals surface area contributed by atoms with Gasteiger partial charge in [0.15, 0.2) is 11.7 Å². The van der Waals surface area contributed by atoms with Gasteiger partial charge in [0.2, 0.25) is 0 Å². The number of hydrogen-bond acceptors (Lipinski definition) is 5. The van der Waals surface area contributed by atoms with E-state index in [4.69, 9.17) is 14.2 Å². The normalized spacial score (nSPS) is 19.9. The first-order valence-corrected chi connectivity index (χ1v) is 8.85. The Morgan fingerprint density at radius 1 is 1.15 bits per heavy atom. The van der Waals surface area contributed by atoms with Gasteiger partial charge in [0, 0.05) is 25.9 Å². The molecule has 1 atom stereocenters. The molecule has 2 saturated heterocycles. The average molecular weight is 355 g/mol. The average Bonchev–Trinajstić information content (AvgIpc) is 3.02. The number of amides is 1. The van der Waals surface area contributed by atoms with E-state index in [9.17, 15) is 9.59 Å².